The Bertz CT molecular complexity index is 296. The van der Waals surface area contributed by atoms with Crippen LogP contribution in [0.1, 0.15) is 11.6 Å². The van der Waals surface area contributed by atoms with Crippen molar-refractivity contribution in [1.82, 2.24) is 0 Å². The van der Waals surface area contributed by atoms with E-state index in [9.17, 15) is 0 Å². The molecule has 80 valence electrons. The van der Waals surface area contributed by atoms with E-state index in [2.05, 4.69) is 15.9 Å². The van der Waals surface area contributed by atoms with Crippen LogP contribution >= 0.6 is 28.3 Å². The number of aliphatic hydroxyl groups is 1. The summed E-state index contributed by atoms with van der Waals surface area (Å²) in [6.45, 7) is -0.0905. The van der Waals surface area contributed by atoms with Crippen molar-refractivity contribution < 1.29 is 9.84 Å². The number of halogens is 2. The summed E-state index contributed by atoms with van der Waals surface area (Å²) in [4.78, 5) is 0. The Morgan fingerprint density at radius 3 is 2.71 bits per heavy atom. The predicted octanol–water partition coefficient (Wildman–Crippen LogP) is 1.87. The average molecular weight is 283 g/mol. The Hall–Kier alpha value is -0.290. The molecule has 0 unspecified atom stereocenters. The van der Waals surface area contributed by atoms with E-state index in [1.807, 2.05) is 18.2 Å². The van der Waals surface area contributed by atoms with Gasteiger partial charge in [-0.25, -0.2) is 0 Å². The van der Waals surface area contributed by atoms with Gasteiger partial charge in [-0.15, -0.1) is 12.4 Å². The molecule has 0 fully saturated rings. The van der Waals surface area contributed by atoms with Crippen molar-refractivity contribution in [3.63, 3.8) is 0 Å². The molecular formula is C9H13BrClNO2. The van der Waals surface area contributed by atoms with Crippen molar-refractivity contribution in [2.24, 2.45) is 5.73 Å². The second-order valence-corrected chi connectivity index (χ2v) is 3.59. The summed E-state index contributed by atoms with van der Waals surface area (Å²) in [5.74, 6) is 0.699. The summed E-state index contributed by atoms with van der Waals surface area (Å²) < 4.78 is 6.03. The molecule has 0 saturated carbocycles. The van der Waals surface area contributed by atoms with E-state index in [1.165, 1.54) is 0 Å². The zero-order valence-corrected chi connectivity index (χ0v) is 10.1. The fraction of sp³-hybridized carbons (Fsp3) is 0.333. The van der Waals surface area contributed by atoms with Crippen molar-refractivity contribution in [2.45, 2.75) is 6.04 Å². The largest absolute Gasteiger partial charge is 0.496 e. The highest BCUT2D eigenvalue weighted by atomic mass is 79.9. The third-order valence-corrected chi connectivity index (χ3v) is 2.28. The van der Waals surface area contributed by atoms with Crippen molar-refractivity contribution in [3.05, 3.63) is 28.2 Å². The van der Waals surface area contributed by atoms with Gasteiger partial charge in [0.25, 0.3) is 0 Å². The molecule has 0 aromatic heterocycles. The summed E-state index contributed by atoms with van der Waals surface area (Å²) in [5, 5.41) is 8.90. The van der Waals surface area contributed by atoms with Gasteiger partial charge in [0.2, 0.25) is 0 Å². The van der Waals surface area contributed by atoms with Gasteiger partial charge < -0.3 is 15.6 Å². The van der Waals surface area contributed by atoms with Gasteiger partial charge in [0.05, 0.1) is 19.8 Å². The molecule has 3 nitrogen and oxygen atoms in total. The summed E-state index contributed by atoms with van der Waals surface area (Å²) in [6, 6.07) is 5.13. The zero-order valence-electron chi connectivity index (χ0n) is 7.74. The quantitative estimate of drug-likeness (QED) is 0.890. The van der Waals surface area contributed by atoms with Crippen LogP contribution in [0, 0.1) is 0 Å². The number of benzene rings is 1. The number of methoxy groups -OCH3 is 1. The lowest BCUT2D eigenvalue weighted by Gasteiger charge is -2.13. The van der Waals surface area contributed by atoms with Crippen LogP contribution in [-0.2, 0) is 0 Å². The number of ether oxygens (including phenoxy) is 1. The van der Waals surface area contributed by atoms with Gasteiger partial charge in [-0.1, -0.05) is 15.9 Å². The van der Waals surface area contributed by atoms with Crippen LogP contribution in [0.4, 0.5) is 0 Å². The molecule has 14 heavy (non-hydrogen) atoms. The minimum atomic E-state index is -0.396. The number of hydrogen-bond acceptors (Lipinski definition) is 3. The van der Waals surface area contributed by atoms with Crippen LogP contribution < -0.4 is 10.5 Å². The van der Waals surface area contributed by atoms with E-state index >= 15 is 0 Å². The van der Waals surface area contributed by atoms with Crippen LogP contribution in [0.25, 0.3) is 0 Å². The fourth-order valence-electron chi connectivity index (χ4n) is 1.09. The molecule has 5 heteroatoms. The number of hydrogen-bond donors (Lipinski definition) is 2. The summed E-state index contributed by atoms with van der Waals surface area (Å²) in [5.41, 5.74) is 6.49. The minimum absolute atomic E-state index is 0. The van der Waals surface area contributed by atoms with Crippen LogP contribution in [0.3, 0.4) is 0 Å². The lowest BCUT2D eigenvalue weighted by molar-refractivity contribution is 0.264. The first kappa shape index (κ1) is 13.7. The summed E-state index contributed by atoms with van der Waals surface area (Å²) in [6.07, 6.45) is 0. The van der Waals surface area contributed by atoms with Gasteiger partial charge in [-0.05, 0) is 18.2 Å². The van der Waals surface area contributed by atoms with E-state index in [4.69, 9.17) is 15.6 Å². The standard InChI is InChI=1S/C9H12BrNO2.ClH/c1-13-9-3-2-6(10)4-7(9)8(11)5-12;/h2-4,8,12H,5,11H2,1H3;1H/t8-;/m0./s1. The second kappa shape index (κ2) is 6.24. The van der Waals surface area contributed by atoms with E-state index in [1.54, 1.807) is 7.11 Å². The first-order valence-electron chi connectivity index (χ1n) is 3.89. The molecule has 3 N–H and O–H groups in total. The van der Waals surface area contributed by atoms with Gasteiger partial charge in [-0.3, -0.25) is 0 Å². The first-order chi connectivity index (χ1) is 6.19. The fourth-order valence-corrected chi connectivity index (χ4v) is 1.47. The SMILES string of the molecule is COc1ccc(Br)cc1[C@@H](N)CO.Cl. The van der Waals surface area contributed by atoms with Crippen molar-refractivity contribution in [2.75, 3.05) is 13.7 Å². The van der Waals surface area contributed by atoms with Crippen LogP contribution in [-0.4, -0.2) is 18.8 Å². The minimum Gasteiger partial charge on any atom is -0.496 e. The van der Waals surface area contributed by atoms with Gasteiger partial charge >= 0.3 is 0 Å². The molecule has 1 rings (SSSR count). The molecule has 0 aliphatic heterocycles. The van der Waals surface area contributed by atoms with Gasteiger partial charge in [0, 0.05) is 10.0 Å². The Labute approximate surface area is 97.8 Å². The van der Waals surface area contributed by atoms with Gasteiger partial charge in [0.15, 0.2) is 0 Å². The number of nitrogens with two attached hydrogens (primary N) is 1. The maximum Gasteiger partial charge on any atom is 0.123 e. The molecule has 0 aliphatic carbocycles. The highest BCUT2D eigenvalue weighted by molar-refractivity contribution is 9.10. The van der Waals surface area contributed by atoms with Crippen LogP contribution in [0.5, 0.6) is 5.75 Å². The molecule has 1 aromatic rings. The highest BCUT2D eigenvalue weighted by Crippen LogP contribution is 2.26. The molecule has 1 atom stereocenters. The number of rotatable bonds is 3. The van der Waals surface area contributed by atoms with E-state index in [0.717, 1.165) is 10.0 Å². The lowest BCUT2D eigenvalue weighted by atomic mass is 10.1. The molecule has 0 radical (unpaired) electrons. The van der Waals surface area contributed by atoms with Crippen molar-refractivity contribution >= 4 is 28.3 Å². The Morgan fingerprint density at radius 1 is 1.57 bits per heavy atom. The Balaban J connectivity index is 0.00000169. The van der Waals surface area contributed by atoms with E-state index in [0.29, 0.717) is 5.75 Å². The van der Waals surface area contributed by atoms with Crippen LogP contribution in [0.15, 0.2) is 22.7 Å². The van der Waals surface area contributed by atoms with Gasteiger partial charge in [-0.2, -0.15) is 0 Å². The monoisotopic (exact) mass is 281 g/mol. The van der Waals surface area contributed by atoms with E-state index in [-0.39, 0.29) is 19.0 Å². The normalized spacial score (nSPS) is 11.7. The molecule has 0 amide bonds. The smallest absolute Gasteiger partial charge is 0.123 e. The molecule has 0 heterocycles. The first-order valence-corrected chi connectivity index (χ1v) is 4.68. The van der Waals surface area contributed by atoms with Gasteiger partial charge in [0.1, 0.15) is 5.75 Å². The molecular weight excluding hydrogens is 269 g/mol. The molecule has 0 saturated heterocycles. The van der Waals surface area contributed by atoms with Crippen molar-refractivity contribution in [3.8, 4) is 5.75 Å². The zero-order chi connectivity index (χ0) is 9.84. The summed E-state index contributed by atoms with van der Waals surface area (Å²) in [7, 11) is 1.58. The topological polar surface area (TPSA) is 55.5 Å². The Morgan fingerprint density at radius 2 is 2.21 bits per heavy atom. The maximum absolute atomic E-state index is 8.90. The lowest BCUT2D eigenvalue weighted by Crippen LogP contribution is -2.15. The number of aliphatic hydroxyl groups excluding tert-OH is 1. The molecule has 0 aliphatic rings. The Kier molecular flexibility index (Phi) is 6.11. The maximum atomic E-state index is 8.90. The van der Waals surface area contributed by atoms with E-state index < -0.39 is 6.04 Å². The second-order valence-electron chi connectivity index (χ2n) is 2.68. The predicted molar refractivity (Wildman–Crippen MR) is 62.0 cm³/mol. The molecule has 0 bridgehead atoms. The third kappa shape index (κ3) is 3.13. The summed E-state index contributed by atoms with van der Waals surface area (Å²) >= 11 is 3.33. The highest BCUT2D eigenvalue weighted by Gasteiger charge is 2.10. The van der Waals surface area contributed by atoms with Crippen LogP contribution in [0.2, 0.25) is 0 Å². The average Bonchev–Trinajstić information content (AvgIpc) is 2.16. The van der Waals surface area contributed by atoms with Crippen molar-refractivity contribution in [1.29, 1.82) is 0 Å². The third-order valence-electron chi connectivity index (χ3n) is 1.79. The molecule has 1 aromatic carbocycles. The molecule has 0 spiro atoms.